The second-order valence-corrected chi connectivity index (χ2v) is 3.85. The third-order valence-electron chi connectivity index (χ3n) is 2.21. The molecule has 0 spiro atoms. The molecule has 0 heterocycles. The van der Waals surface area contributed by atoms with Crippen LogP contribution in [0.25, 0.3) is 0 Å². The van der Waals surface area contributed by atoms with Gasteiger partial charge in [0, 0.05) is 18.6 Å². The fourth-order valence-corrected chi connectivity index (χ4v) is 1.48. The number of carbonyl (C=O) groups excluding carboxylic acids is 1. The first-order valence-corrected chi connectivity index (χ1v) is 6.03. The Hall–Kier alpha value is -1.74. The molecule has 4 heteroatoms. The molecule has 0 fully saturated rings. The summed E-state index contributed by atoms with van der Waals surface area (Å²) in [5, 5.41) is 0. The van der Waals surface area contributed by atoms with Crippen LogP contribution in [0, 0.1) is 0 Å². The number of carbonyl (C=O) groups is 1. The van der Waals surface area contributed by atoms with Crippen LogP contribution in [0.2, 0.25) is 0 Å². The standard InChI is InChI=1S/C14H16ClNO2/c1-2-11-18-14(17)16(10-6-9-15)12-13-7-4-3-5-8-13/h2-9H,1,10-12H2. The monoisotopic (exact) mass is 265 g/mol. The molecule has 1 rings (SSSR count). The van der Waals surface area contributed by atoms with E-state index in [0.29, 0.717) is 13.1 Å². The van der Waals surface area contributed by atoms with Crippen LogP contribution in [0.4, 0.5) is 4.79 Å². The van der Waals surface area contributed by atoms with Crippen LogP contribution < -0.4 is 0 Å². The number of ether oxygens (including phenoxy) is 1. The fourth-order valence-electron chi connectivity index (χ4n) is 1.40. The van der Waals surface area contributed by atoms with Gasteiger partial charge in [-0.15, -0.1) is 0 Å². The van der Waals surface area contributed by atoms with Gasteiger partial charge < -0.3 is 9.64 Å². The highest BCUT2D eigenvalue weighted by Crippen LogP contribution is 2.06. The molecule has 1 aromatic rings. The van der Waals surface area contributed by atoms with Crippen molar-refractivity contribution >= 4 is 17.7 Å². The molecule has 0 aliphatic heterocycles. The molecule has 0 saturated heterocycles. The molecule has 1 amide bonds. The Morgan fingerprint density at radius 3 is 2.72 bits per heavy atom. The number of hydrogen-bond donors (Lipinski definition) is 0. The molecule has 0 N–H and O–H groups in total. The molecule has 0 aliphatic rings. The molecule has 0 radical (unpaired) electrons. The lowest BCUT2D eigenvalue weighted by molar-refractivity contribution is 0.114. The van der Waals surface area contributed by atoms with E-state index in [9.17, 15) is 4.79 Å². The van der Waals surface area contributed by atoms with E-state index < -0.39 is 0 Å². The summed E-state index contributed by atoms with van der Waals surface area (Å²) in [4.78, 5) is 13.4. The fraction of sp³-hybridized carbons (Fsp3) is 0.214. The molecule has 0 aromatic heterocycles. The number of hydrogen-bond acceptors (Lipinski definition) is 2. The molecular weight excluding hydrogens is 250 g/mol. The lowest BCUT2D eigenvalue weighted by atomic mass is 10.2. The van der Waals surface area contributed by atoms with Gasteiger partial charge in [0.1, 0.15) is 6.61 Å². The van der Waals surface area contributed by atoms with Gasteiger partial charge in [-0.1, -0.05) is 60.7 Å². The predicted octanol–water partition coefficient (Wildman–Crippen LogP) is 3.56. The van der Waals surface area contributed by atoms with Crippen LogP contribution >= 0.6 is 11.6 Å². The second-order valence-electron chi connectivity index (χ2n) is 3.59. The average molecular weight is 266 g/mol. The van der Waals surface area contributed by atoms with Crippen LogP contribution in [-0.4, -0.2) is 24.1 Å². The highest BCUT2D eigenvalue weighted by atomic mass is 35.5. The molecule has 18 heavy (non-hydrogen) atoms. The van der Waals surface area contributed by atoms with Crippen molar-refractivity contribution in [1.29, 1.82) is 0 Å². The van der Waals surface area contributed by atoms with E-state index in [1.54, 1.807) is 11.0 Å². The van der Waals surface area contributed by atoms with Crippen LogP contribution in [0.1, 0.15) is 5.56 Å². The summed E-state index contributed by atoms with van der Waals surface area (Å²) in [5.74, 6) is 0. The summed E-state index contributed by atoms with van der Waals surface area (Å²) in [7, 11) is 0. The van der Waals surface area contributed by atoms with Gasteiger partial charge in [-0.2, -0.15) is 0 Å². The molecule has 0 aliphatic carbocycles. The van der Waals surface area contributed by atoms with Crippen molar-refractivity contribution in [1.82, 2.24) is 4.90 Å². The van der Waals surface area contributed by atoms with E-state index >= 15 is 0 Å². The molecule has 0 unspecified atom stereocenters. The van der Waals surface area contributed by atoms with Gasteiger partial charge in [0.05, 0.1) is 0 Å². The average Bonchev–Trinajstić information content (AvgIpc) is 2.42. The van der Waals surface area contributed by atoms with Crippen molar-refractivity contribution in [2.24, 2.45) is 0 Å². The topological polar surface area (TPSA) is 29.5 Å². The smallest absolute Gasteiger partial charge is 0.410 e. The van der Waals surface area contributed by atoms with Gasteiger partial charge >= 0.3 is 6.09 Å². The van der Waals surface area contributed by atoms with Crippen molar-refractivity contribution in [2.75, 3.05) is 13.2 Å². The zero-order valence-corrected chi connectivity index (χ0v) is 10.8. The first-order chi connectivity index (χ1) is 8.77. The Balaban J connectivity index is 2.65. The first-order valence-electron chi connectivity index (χ1n) is 5.59. The van der Waals surface area contributed by atoms with Crippen LogP contribution in [0.5, 0.6) is 0 Å². The van der Waals surface area contributed by atoms with Crippen LogP contribution in [0.3, 0.4) is 0 Å². The van der Waals surface area contributed by atoms with Gasteiger partial charge in [0.25, 0.3) is 0 Å². The number of rotatable bonds is 6. The zero-order chi connectivity index (χ0) is 13.2. The highest BCUT2D eigenvalue weighted by molar-refractivity contribution is 6.25. The third kappa shape index (κ3) is 5.06. The van der Waals surface area contributed by atoms with E-state index in [1.807, 2.05) is 30.3 Å². The molecule has 0 atom stereocenters. The number of nitrogens with zero attached hydrogens (tertiary/aromatic N) is 1. The maximum absolute atomic E-state index is 11.8. The van der Waals surface area contributed by atoms with Gasteiger partial charge in [0.15, 0.2) is 0 Å². The maximum atomic E-state index is 11.8. The van der Waals surface area contributed by atoms with Crippen molar-refractivity contribution in [2.45, 2.75) is 6.54 Å². The minimum Gasteiger partial charge on any atom is -0.445 e. The maximum Gasteiger partial charge on any atom is 0.410 e. The Bertz CT molecular complexity index is 404. The first kappa shape index (κ1) is 14.3. The highest BCUT2D eigenvalue weighted by Gasteiger charge is 2.13. The zero-order valence-electron chi connectivity index (χ0n) is 10.1. The lowest BCUT2D eigenvalue weighted by Crippen LogP contribution is -2.31. The van der Waals surface area contributed by atoms with Crippen molar-refractivity contribution < 1.29 is 9.53 Å². The van der Waals surface area contributed by atoms with Crippen molar-refractivity contribution in [3.05, 3.63) is 60.2 Å². The number of halogens is 1. The SMILES string of the molecule is C=CCOC(=O)N(CC=CCl)Cc1ccccc1. The summed E-state index contributed by atoms with van der Waals surface area (Å²) in [5.41, 5.74) is 2.43. The van der Waals surface area contributed by atoms with Gasteiger partial charge in [0.2, 0.25) is 0 Å². The van der Waals surface area contributed by atoms with Crippen molar-refractivity contribution in [3.63, 3.8) is 0 Å². The Morgan fingerprint density at radius 1 is 1.39 bits per heavy atom. The van der Waals surface area contributed by atoms with Gasteiger partial charge in [-0.25, -0.2) is 4.79 Å². The summed E-state index contributed by atoms with van der Waals surface area (Å²) in [6.07, 6.45) is 2.85. The Kier molecular flexibility index (Phi) is 6.66. The quantitative estimate of drug-likeness (QED) is 0.736. The predicted molar refractivity (Wildman–Crippen MR) is 73.4 cm³/mol. The van der Waals surface area contributed by atoms with Gasteiger partial charge in [-0.3, -0.25) is 0 Å². The minimum absolute atomic E-state index is 0.203. The van der Waals surface area contributed by atoms with Gasteiger partial charge in [-0.05, 0) is 5.56 Å². The number of amides is 1. The molecule has 96 valence electrons. The van der Waals surface area contributed by atoms with E-state index in [1.165, 1.54) is 11.6 Å². The van der Waals surface area contributed by atoms with E-state index in [4.69, 9.17) is 16.3 Å². The largest absolute Gasteiger partial charge is 0.445 e. The summed E-state index contributed by atoms with van der Waals surface area (Å²) < 4.78 is 5.01. The van der Waals surface area contributed by atoms with E-state index in [0.717, 1.165) is 5.56 Å². The Labute approximate surface area is 112 Å². The van der Waals surface area contributed by atoms with E-state index in [2.05, 4.69) is 6.58 Å². The summed E-state index contributed by atoms with van der Waals surface area (Å²) in [6, 6.07) is 9.71. The minimum atomic E-state index is -0.381. The molecule has 0 bridgehead atoms. The van der Waals surface area contributed by atoms with Crippen molar-refractivity contribution in [3.8, 4) is 0 Å². The normalized spacial score (nSPS) is 10.3. The summed E-state index contributed by atoms with van der Waals surface area (Å²) in [6.45, 7) is 4.61. The third-order valence-corrected chi connectivity index (χ3v) is 2.39. The van der Waals surface area contributed by atoms with Crippen LogP contribution in [0.15, 0.2) is 54.6 Å². The molecule has 1 aromatic carbocycles. The summed E-state index contributed by atoms with van der Waals surface area (Å²) >= 11 is 5.48. The second kappa shape index (κ2) is 8.37. The molecular formula is C14H16ClNO2. The Morgan fingerprint density at radius 2 is 2.11 bits per heavy atom. The lowest BCUT2D eigenvalue weighted by Gasteiger charge is -2.20. The molecule has 3 nitrogen and oxygen atoms in total. The molecule has 0 saturated carbocycles. The van der Waals surface area contributed by atoms with E-state index in [-0.39, 0.29) is 12.7 Å². The van der Waals surface area contributed by atoms with Crippen LogP contribution in [-0.2, 0) is 11.3 Å². The number of benzene rings is 1.